The maximum atomic E-state index is 12.5. The number of hydrogen-bond donors (Lipinski definition) is 1. The molecule has 2 rings (SSSR count). The van der Waals surface area contributed by atoms with Crippen LogP contribution in [0.1, 0.15) is 19.4 Å². The van der Waals surface area contributed by atoms with Crippen molar-refractivity contribution in [2.24, 2.45) is 0 Å². The van der Waals surface area contributed by atoms with Gasteiger partial charge >= 0.3 is 7.60 Å². The summed E-state index contributed by atoms with van der Waals surface area (Å²) < 4.78 is 23.0. The van der Waals surface area contributed by atoms with E-state index in [-0.39, 0.29) is 11.9 Å². The van der Waals surface area contributed by atoms with E-state index >= 15 is 0 Å². The summed E-state index contributed by atoms with van der Waals surface area (Å²) in [6.07, 6.45) is 0.0747. The zero-order chi connectivity index (χ0) is 14.6. The predicted molar refractivity (Wildman–Crippen MR) is 80.2 cm³/mol. The van der Waals surface area contributed by atoms with Crippen molar-refractivity contribution in [3.8, 4) is 5.75 Å². The molecule has 4 nitrogen and oxygen atoms in total. The Morgan fingerprint density at radius 2 is 1.70 bits per heavy atom. The fourth-order valence-electron chi connectivity index (χ4n) is 2.16. The van der Waals surface area contributed by atoms with Gasteiger partial charge in [-0.15, -0.1) is 0 Å². The minimum Gasteiger partial charge on any atom is -0.507 e. The highest BCUT2D eigenvalue weighted by Crippen LogP contribution is 2.52. The Balaban J connectivity index is 2.37. The molecule has 0 bridgehead atoms. The smallest absolute Gasteiger partial charge is 0.335 e. The molecule has 1 N–H and O–H groups in total. The van der Waals surface area contributed by atoms with E-state index in [1.165, 1.54) is 0 Å². The van der Waals surface area contributed by atoms with Gasteiger partial charge in [-0.25, -0.2) is 0 Å². The van der Waals surface area contributed by atoms with Crippen molar-refractivity contribution >= 4 is 18.4 Å². The molecule has 0 aliphatic carbocycles. The van der Waals surface area contributed by atoms with E-state index in [0.29, 0.717) is 18.8 Å². The van der Waals surface area contributed by atoms with Crippen molar-refractivity contribution in [1.29, 1.82) is 0 Å². The van der Waals surface area contributed by atoms with Crippen LogP contribution in [-0.2, 0) is 19.8 Å². The van der Waals surface area contributed by atoms with Crippen molar-refractivity contribution in [3.05, 3.63) is 42.0 Å². The summed E-state index contributed by atoms with van der Waals surface area (Å²) >= 11 is 0. The van der Waals surface area contributed by atoms with Crippen LogP contribution >= 0.6 is 7.60 Å². The number of benzene rings is 2. The van der Waals surface area contributed by atoms with Gasteiger partial charge in [0.1, 0.15) is 5.75 Å². The van der Waals surface area contributed by atoms with Crippen molar-refractivity contribution in [2.45, 2.75) is 20.0 Å². The summed E-state index contributed by atoms with van der Waals surface area (Å²) in [5.41, 5.74) is 0.578. The lowest BCUT2D eigenvalue weighted by molar-refractivity contribution is 0.219. The van der Waals surface area contributed by atoms with Gasteiger partial charge in [0.2, 0.25) is 0 Å². The van der Waals surface area contributed by atoms with Crippen molar-refractivity contribution in [2.75, 3.05) is 13.2 Å². The maximum Gasteiger partial charge on any atom is 0.335 e. The first kappa shape index (κ1) is 15.0. The molecule has 0 aliphatic rings. The number of rotatable bonds is 6. The van der Waals surface area contributed by atoms with Crippen LogP contribution in [0.25, 0.3) is 10.8 Å². The second-order valence-electron chi connectivity index (χ2n) is 4.40. The van der Waals surface area contributed by atoms with Crippen LogP contribution in [0.4, 0.5) is 0 Å². The van der Waals surface area contributed by atoms with Crippen LogP contribution in [0.15, 0.2) is 36.4 Å². The molecular formula is C15H19O4P. The highest BCUT2D eigenvalue weighted by Gasteiger charge is 2.25. The van der Waals surface area contributed by atoms with Gasteiger partial charge in [0.15, 0.2) is 0 Å². The third-order valence-corrected chi connectivity index (χ3v) is 5.03. The quantitative estimate of drug-likeness (QED) is 0.806. The molecule has 20 heavy (non-hydrogen) atoms. The summed E-state index contributed by atoms with van der Waals surface area (Å²) in [4.78, 5) is 0. The van der Waals surface area contributed by atoms with Gasteiger partial charge in [0.25, 0.3) is 0 Å². The molecule has 0 saturated heterocycles. The molecule has 0 unspecified atom stereocenters. The summed E-state index contributed by atoms with van der Waals surface area (Å²) in [5.74, 6) is 0.141. The van der Waals surface area contributed by atoms with Crippen LogP contribution in [0.3, 0.4) is 0 Å². The highest BCUT2D eigenvalue weighted by atomic mass is 31.2. The Morgan fingerprint density at radius 1 is 1.05 bits per heavy atom. The molecule has 0 saturated carbocycles. The van der Waals surface area contributed by atoms with Crippen LogP contribution < -0.4 is 0 Å². The van der Waals surface area contributed by atoms with Gasteiger partial charge < -0.3 is 14.2 Å². The van der Waals surface area contributed by atoms with E-state index in [4.69, 9.17) is 9.05 Å². The predicted octanol–water partition coefficient (Wildman–Crippen LogP) is 4.31. The molecule has 0 radical (unpaired) electrons. The lowest BCUT2D eigenvalue weighted by atomic mass is 10.1. The monoisotopic (exact) mass is 294 g/mol. The lowest BCUT2D eigenvalue weighted by Crippen LogP contribution is -1.99. The second-order valence-corrected chi connectivity index (χ2v) is 6.45. The summed E-state index contributed by atoms with van der Waals surface area (Å²) in [5, 5.41) is 12.0. The third kappa shape index (κ3) is 3.21. The molecule has 0 spiro atoms. The SMILES string of the molecule is CCOP(=O)(Cc1ccc2ccccc2c1O)OCC. The van der Waals surface area contributed by atoms with Gasteiger partial charge in [-0.3, -0.25) is 4.57 Å². The van der Waals surface area contributed by atoms with E-state index < -0.39 is 7.60 Å². The average Bonchev–Trinajstić information content (AvgIpc) is 2.43. The fraction of sp³-hybridized carbons (Fsp3) is 0.333. The van der Waals surface area contributed by atoms with E-state index in [2.05, 4.69) is 0 Å². The van der Waals surface area contributed by atoms with Gasteiger partial charge in [-0.1, -0.05) is 36.4 Å². The molecule has 0 amide bonds. The first-order chi connectivity index (χ1) is 9.59. The van der Waals surface area contributed by atoms with Crippen LogP contribution in [-0.4, -0.2) is 18.3 Å². The van der Waals surface area contributed by atoms with Gasteiger partial charge in [0.05, 0.1) is 19.4 Å². The van der Waals surface area contributed by atoms with Crippen molar-refractivity contribution in [1.82, 2.24) is 0 Å². The Labute approximate surface area is 118 Å². The van der Waals surface area contributed by atoms with E-state index in [1.807, 2.05) is 30.3 Å². The molecule has 0 aliphatic heterocycles. The first-order valence-corrected chi connectivity index (χ1v) is 8.40. The third-order valence-electron chi connectivity index (χ3n) is 3.00. The number of phenols is 1. The summed E-state index contributed by atoms with van der Waals surface area (Å²) in [6.45, 7) is 4.16. The first-order valence-electron chi connectivity index (χ1n) is 6.67. The standard InChI is InChI=1S/C15H19O4P/c1-3-18-20(17,19-4-2)11-13-10-9-12-7-5-6-8-14(12)15(13)16/h5-10,16H,3-4,11H2,1-2H3. The molecule has 2 aromatic rings. The van der Waals surface area contributed by atoms with Gasteiger partial charge in [0, 0.05) is 10.9 Å². The molecular weight excluding hydrogens is 275 g/mol. The Hall–Kier alpha value is -1.35. The molecule has 108 valence electrons. The summed E-state index contributed by atoms with van der Waals surface area (Å²) in [6, 6.07) is 11.2. The normalized spacial score (nSPS) is 11.9. The van der Waals surface area contributed by atoms with Gasteiger partial charge in [-0.05, 0) is 19.2 Å². The van der Waals surface area contributed by atoms with Crippen molar-refractivity contribution in [3.63, 3.8) is 0 Å². The Morgan fingerprint density at radius 3 is 2.35 bits per heavy atom. The average molecular weight is 294 g/mol. The lowest BCUT2D eigenvalue weighted by Gasteiger charge is -2.18. The molecule has 5 heteroatoms. The van der Waals surface area contributed by atoms with E-state index in [9.17, 15) is 9.67 Å². The van der Waals surface area contributed by atoms with Crippen LogP contribution in [0.2, 0.25) is 0 Å². The number of phenolic OH excluding ortho intramolecular Hbond substituents is 1. The fourth-order valence-corrected chi connectivity index (χ4v) is 3.87. The van der Waals surface area contributed by atoms with Crippen molar-refractivity contribution < 1.29 is 18.7 Å². The minimum absolute atomic E-state index is 0.0747. The van der Waals surface area contributed by atoms with E-state index in [0.717, 1.165) is 10.8 Å². The molecule has 0 fully saturated rings. The Bertz CT molecular complexity index is 629. The zero-order valence-corrected chi connectivity index (χ0v) is 12.6. The van der Waals surface area contributed by atoms with Gasteiger partial charge in [-0.2, -0.15) is 0 Å². The minimum atomic E-state index is -3.21. The Kier molecular flexibility index (Phi) is 4.81. The summed E-state index contributed by atoms with van der Waals surface area (Å²) in [7, 11) is -3.21. The highest BCUT2D eigenvalue weighted by molar-refractivity contribution is 7.53. The topological polar surface area (TPSA) is 55.8 Å². The molecule has 0 heterocycles. The molecule has 2 aromatic carbocycles. The van der Waals surface area contributed by atoms with Crippen LogP contribution in [0.5, 0.6) is 5.75 Å². The van der Waals surface area contributed by atoms with Crippen LogP contribution in [0, 0.1) is 0 Å². The largest absolute Gasteiger partial charge is 0.507 e. The molecule has 0 atom stereocenters. The number of fused-ring (bicyclic) bond motifs is 1. The molecule has 0 aromatic heterocycles. The number of hydrogen-bond acceptors (Lipinski definition) is 4. The number of aromatic hydroxyl groups is 1. The zero-order valence-electron chi connectivity index (χ0n) is 11.7. The van der Waals surface area contributed by atoms with E-state index in [1.54, 1.807) is 19.9 Å². The maximum absolute atomic E-state index is 12.5. The second kappa shape index (κ2) is 6.40.